The molecule has 0 spiro atoms. The van der Waals surface area contributed by atoms with Crippen molar-refractivity contribution in [1.82, 2.24) is 0 Å². The molecule has 0 amide bonds. The third-order valence-corrected chi connectivity index (χ3v) is 6.28. The Morgan fingerprint density at radius 3 is 1.69 bits per heavy atom. The predicted molar refractivity (Wildman–Crippen MR) is 123 cm³/mol. The van der Waals surface area contributed by atoms with Gasteiger partial charge in [-0.2, -0.15) is 0 Å². The molecule has 0 radical (unpaired) electrons. The molecular formula is C28H21N. The smallest absolute Gasteiger partial charge is 0.0450 e. The van der Waals surface area contributed by atoms with E-state index < -0.39 is 0 Å². The lowest BCUT2D eigenvalue weighted by atomic mass is 9.80. The van der Waals surface area contributed by atoms with Crippen LogP contribution >= 0.6 is 0 Å². The van der Waals surface area contributed by atoms with Gasteiger partial charge in [-0.1, -0.05) is 78.9 Å². The van der Waals surface area contributed by atoms with Gasteiger partial charge in [-0.3, -0.25) is 0 Å². The highest BCUT2D eigenvalue weighted by molar-refractivity contribution is 5.98. The van der Waals surface area contributed by atoms with Crippen LogP contribution in [0.2, 0.25) is 0 Å². The second-order valence-corrected chi connectivity index (χ2v) is 7.92. The molecule has 1 aliphatic heterocycles. The van der Waals surface area contributed by atoms with E-state index in [0.29, 0.717) is 0 Å². The van der Waals surface area contributed by atoms with Crippen LogP contribution in [0.3, 0.4) is 0 Å². The molecule has 0 N–H and O–H groups in total. The molecule has 6 rings (SSSR count). The van der Waals surface area contributed by atoms with E-state index >= 15 is 0 Å². The van der Waals surface area contributed by atoms with E-state index in [1.165, 1.54) is 49.6 Å². The van der Waals surface area contributed by atoms with Crippen molar-refractivity contribution in [2.75, 3.05) is 11.9 Å². The number of para-hydroxylation sites is 2. The van der Waals surface area contributed by atoms with Crippen LogP contribution < -0.4 is 4.90 Å². The summed E-state index contributed by atoms with van der Waals surface area (Å²) >= 11 is 0. The average molecular weight is 371 g/mol. The van der Waals surface area contributed by atoms with Crippen molar-refractivity contribution in [2.24, 2.45) is 0 Å². The zero-order valence-electron chi connectivity index (χ0n) is 16.3. The van der Waals surface area contributed by atoms with E-state index in [1.807, 2.05) is 0 Å². The highest BCUT2D eigenvalue weighted by atomic mass is 15.1. The van der Waals surface area contributed by atoms with Crippen LogP contribution in [0.5, 0.6) is 0 Å². The van der Waals surface area contributed by atoms with Gasteiger partial charge in [-0.05, 0) is 62.5 Å². The molecule has 5 aromatic carbocycles. The summed E-state index contributed by atoms with van der Waals surface area (Å²) < 4.78 is 0. The van der Waals surface area contributed by atoms with Crippen LogP contribution in [-0.4, -0.2) is 7.05 Å². The first-order chi connectivity index (χ1) is 14.3. The van der Waals surface area contributed by atoms with Crippen molar-refractivity contribution in [3.63, 3.8) is 0 Å². The summed E-state index contributed by atoms with van der Waals surface area (Å²) in [6, 6.07) is 37.8. The quantitative estimate of drug-likeness (QED) is 0.280. The van der Waals surface area contributed by atoms with Crippen molar-refractivity contribution in [3.05, 3.63) is 120 Å². The van der Waals surface area contributed by atoms with E-state index in [4.69, 9.17) is 0 Å². The largest absolute Gasteiger partial charge is 0.344 e. The molecule has 0 fully saturated rings. The highest BCUT2D eigenvalue weighted by Gasteiger charge is 2.29. The van der Waals surface area contributed by atoms with Crippen LogP contribution in [0.1, 0.15) is 22.6 Å². The normalized spacial score (nSPS) is 13.5. The first-order valence-electron chi connectivity index (χ1n) is 10.1. The van der Waals surface area contributed by atoms with Crippen LogP contribution in [-0.2, 0) is 0 Å². The molecular weight excluding hydrogens is 350 g/mol. The fourth-order valence-electron chi connectivity index (χ4n) is 4.87. The topological polar surface area (TPSA) is 3.24 Å². The lowest BCUT2D eigenvalue weighted by Crippen LogP contribution is -2.22. The molecule has 1 nitrogen and oxygen atoms in total. The minimum Gasteiger partial charge on any atom is -0.344 e. The van der Waals surface area contributed by atoms with E-state index in [-0.39, 0.29) is 5.92 Å². The minimum absolute atomic E-state index is 0.245. The fraction of sp³-hybridized carbons (Fsp3) is 0.0714. The molecule has 0 aliphatic carbocycles. The summed E-state index contributed by atoms with van der Waals surface area (Å²) in [4.78, 5) is 2.32. The Morgan fingerprint density at radius 1 is 0.517 bits per heavy atom. The maximum absolute atomic E-state index is 2.38. The lowest BCUT2D eigenvalue weighted by Gasteiger charge is -2.35. The summed E-state index contributed by atoms with van der Waals surface area (Å²) in [6.07, 6.45) is 0. The minimum atomic E-state index is 0.245. The van der Waals surface area contributed by atoms with Crippen molar-refractivity contribution >= 4 is 32.9 Å². The van der Waals surface area contributed by atoms with E-state index in [1.54, 1.807) is 0 Å². The number of fused-ring (bicyclic) bond motifs is 4. The Kier molecular flexibility index (Phi) is 3.51. The van der Waals surface area contributed by atoms with Crippen molar-refractivity contribution in [1.29, 1.82) is 0 Å². The molecule has 1 heteroatoms. The van der Waals surface area contributed by atoms with E-state index in [9.17, 15) is 0 Å². The molecule has 138 valence electrons. The second-order valence-electron chi connectivity index (χ2n) is 7.92. The van der Waals surface area contributed by atoms with Gasteiger partial charge in [0.25, 0.3) is 0 Å². The zero-order valence-corrected chi connectivity index (χ0v) is 16.3. The number of benzene rings is 5. The number of anilines is 2. The van der Waals surface area contributed by atoms with Crippen LogP contribution in [0.15, 0.2) is 103 Å². The van der Waals surface area contributed by atoms with Gasteiger partial charge in [0.2, 0.25) is 0 Å². The maximum Gasteiger partial charge on any atom is 0.0450 e. The lowest BCUT2D eigenvalue weighted by molar-refractivity contribution is 0.928. The number of nitrogens with zero attached hydrogens (tertiary/aromatic N) is 1. The average Bonchev–Trinajstić information content (AvgIpc) is 2.78. The first kappa shape index (κ1) is 16.4. The van der Waals surface area contributed by atoms with Gasteiger partial charge in [0.15, 0.2) is 0 Å². The van der Waals surface area contributed by atoms with Crippen LogP contribution in [0.4, 0.5) is 11.4 Å². The summed E-state index contributed by atoms with van der Waals surface area (Å²) in [7, 11) is 2.17. The van der Waals surface area contributed by atoms with Crippen LogP contribution in [0.25, 0.3) is 21.5 Å². The monoisotopic (exact) mass is 371 g/mol. The van der Waals surface area contributed by atoms with Gasteiger partial charge in [0, 0.05) is 24.3 Å². The Labute approximate surface area is 170 Å². The van der Waals surface area contributed by atoms with Crippen molar-refractivity contribution in [3.8, 4) is 0 Å². The molecule has 0 saturated carbocycles. The zero-order chi connectivity index (χ0) is 19.4. The summed E-state index contributed by atoms with van der Waals surface area (Å²) in [5.41, 5.74) is 6.66. The maximum atomic E-state index is 2.38. The number of hydrogen-bond donors (Lipinski definition) is 0. The number of hydrogen-bond acceptors (Lipinski definition) is 1. The summed E-state index contributed by atoms with van der Waals surface area (Å²) in [5, 5.41) is 5.18. The first-order valence-corrected chi connectivity index (χ1v) is 10.1. The molecule has 5 aromatic rings. The molecule has 29 heavy (non-hydrogen) atoms. The predicted octanol–water partition coefficient (Wildman–Crippen LogP) is 7.25. The van der Waals surface area contributed by atoms with Crippen molar-refractivity contribution in [2.45, 2.75) is 5.92 Å². The highest BCUT2D eigenvalue weighted by Crippen LogP contribution is 2.47. The fourth-order valence-corrected chi connectivity index (χ4v) is 4.87. The standard InChI is InChI=1S/C28H21N/c1-29-26-12-6-4-10-24(26)28(25-11-5-7-13-27(25)29)22-15-14-21-16-19-8-2-3-9-20(19)17-23(21)18-22/h2-18,28H,1H3. The Morgan fingerprint density at radius 2 is 1.03 bits per heavy atom. The third kappa shape index (κ3) is 2.48. The Balaban J connectivity index is 1.60. The Bertz CT molecular complexity index is 1330. The number of rotatable bonds is 1. The molecule has 0 atom stereocenters. The van der Waals surface area contributed by atoms with E-state index in [0.717, 1.165) is 0 Å². The summed E-state index contributed by atoms with van der Waals surface area (Å²) in [5.74, 6) is 0.245. The molecule has 1 heterocycles. The van der Waals surface area contributed by atoms with E-state index in [2.05, 4.69) is 115 Å². The van der Waals surface area contributed by atoms with Gasteiger partial charge in [-0.15, -0.1) is 0 Å². The van der Waals surface area contributed by atoms with Gasteiger partial charge in [-0.25, -0.2) is 0 Å². The van der Waals surface area contributed by atoms with Gasteiger partial charge in [0.1, 0.15) is 0 Å². The van der Waals surface area contributed by atoms with Gasteiger partial charge < -0.3 is 4.90 Å². The SMILES string of the molecule is CN1c2ccccc2C(c2ccc3cc4ccccc4cc3c2)c2ccccc21. The molecule has 0 bridgehead atoms. The van der Waals surface area contributed by atoms with Crippen molar-refractivity contribution < 1.29 is 0 Å². The molecule has 0 unspecified atom stereocenters. The Hall–Kier alpha value is -3.58. The molecule has 0 aromatic heterocycles. The molecule has 1 aliphatic rings. The van der Waals surface area contributed by atoms with Gasteiger partial charge >= 0.3 is 0 Å². The molecule has 0 saturated heterocycles. The second kappa shape index (κ2) is 6.22. The van der Waals surface area contributed by atoms with Gasteiger partial charge in [0.05, 0.1) is 0 Å². The third-order valence-electron chi connectivity index (χ3n) is 6.28. The summed E-state index contributed by atoms with van der Waals surface area (Å²) in [6.45, 7) is 0. The van der Waals surface area contributed by atoms with Crippen LogP contribution in [0, 0.1) is 0 Å².